The van der Waals surface area contributed by atoms with Gasteiger partial charge < -0.3 is 19.8 Å². The van der Waals surface area contributed by atoms with Crippen molar-refractivity contribution in [3.8, 4) is 11.5 Å². The molecular formula is C22H21N3O3. The van der Waals surface area contributed by atoms with E-state index in [9.17, 15) is 4.79 Å². The summed E-state index contributed by atoms with van der Waals surface area (Å²) in [5.41, 5.74) is 4.07. The van der Waals surface area contributed by atoms with E-state index in [4.69, 9.17) is 9.47 Å². The van der Waals surface area contributed by atoms with Gasteiger partial charge >= 0.3 is 0 Å². The molecule has 2 heterocycles. The zero-order chi connectivity index (χ0) is 19.7. The number of aryl methyl sites for hydroxylation is 1. The van der Waals surface area contributed by atoms with Crippen molar-refractivity contribution in [2.24, 2.45) is 0 Å². The van der Waals surface area contributed by atoms with Gasteiger partial charge in [-0.2, -0.15) is 0 Å². The predicted octanol–water partition coefficient (Wildman–Crippen LogP) is 4.01. The molecule has 2 aromatic heterocycles. The Morgan fingerprint density at radius 1 is 1.04 bits per heavy atom. The van der Waals surface area contributed by atoms with Crippen LogP contribution in [0.2, 0.25) is 0 Å². The van der Waals surface area contributed by atoms with E-state index < -0.39 is 0 Å². The number of fused-ring (bicyclic) bond motifs is 2. The Kier molecular flexibility index (Phi) is 4.61. The first-order valence-corrected chi connectivity index (χ1v) is 8.97. The van der Waals surface area contributed by atoms with Gasteiger partial charge in [0, 0.05) is 34.8 Å². The van der Waals surface area contributed by atoms with Crippen LogP contribution >= 0.6 is 0 Å². The van der Waals surface area contributed by atoms with E-state index in [2.05, 4.69) is 15.3 Å². The van der Waals surface area contributed by atoms with Crippen LogP contribution in [-0.4, -0.2) is 24.2 Å². The number of ether oxygens (including phenoxy) is 2. The largest absolute Gasteiger partial charge is 0.496 e. The van der Waals surface area contributed by atoms with E-state index in [1.54, 1.807) is 26.5 Å². The van der Waals surface area contributed by atoms with Crippen molar-refractivity contribution in [2.75, 3.05) is 19.5 Å². The molecule has 4 rings (SSSR count). The Hall–Kier alpha value is -3.54. The summed E-state index contributed by atoms with van der Waals surface area (Å²) in [6.45, 7) is 2.41. The summed E-state index contributed by atoms with van der Waals surface area (Å²) in [4.78, 5) is 20.0. The molecule has 4 aromatic rings. The first kappa shape index (κ1) is 17.9. The highest BCUT2D eigenvalue weighted by molar-refractivity contribution is 5.93. The second-order valence-electron chi connectivity index (χ2n) is 6.57. The third-order valence-corrected chi connectivity index (χ3v) is 4.90. The zero-order valence-electron chi connectivity index (χ0n) is 16.0. The van der Waals surface area contributed by atoms with Crippen LogP contribution in [0.4, 0.5) is 5.69 Å². The van der Waals surface area contributed by atoms with Crippen molar-refractivity contribution in [1.29, 1.82) is 0 Å². The quantitative estimate of drug-likeness (QED) is 0.551. The molecule has 2 aromatic carbocycles. The predicted molar refractivity (Wildman–Crippen MR) is 111 cm³/mol. The fourth-order valence-electron chi connectivity index (χ4n) is 3.42. The number of hydrogen-bond donors (Lipinski definition) is 2. The van der Waals surface area contributed by atoms with Gasteiger partial charge in [-0.15, -0.1) is 0 Å². The standard InChI is InChI=1S/C22H21N3O3/c1-13-6-7-17(15-5-4-10-23-20(13)15)24-12-14-11-16-18(27-2)8-9-19(28-3)21(16)25-22(14)26/h4-11,24H,12H2,1-3H3,(H,25,26). The van der Waals surface area contributed by atoms with Crippen LogP contribution in [0.25, 0.3) is 21.8 Å². The minimum Gasteiger partial charge on any atom is -0.496 e. The van der Waals surface area contributed by atoms with Gasteiger partial charge in [-0.25, -0.2) is 0 Å². The molecular weight excluding hydrogens is 354 g/mol. The lowest BCUT2D eigenvalue weighted by Gasteiger charge is -2.13. The Morgan fingerprint density at radius 3 is 2.61 bits per heavy atom. The van der Waals surface area contributed by atoms with Crippen LogP contribution in [0.5, 0.6) is 11.5 Å². The summed E-state index contributed by atoms with van der Waals surface area (Å²) >= 11 is 0. The molecule has 0 amide bonds. The highest BCUT2D eigenvalue weighted by atomic mass is 16.5. The summed E-state index contributed by atoms with van der Waals surface area (Å²) in [7, 11) is 3.18. The van der Waals surface area contributed by atoms with Crippen LogP contribution in [-0.2, 0) is 6.54 Å². The van der Waals surface area contributed by atoms with Crippen molar-refractivity contribution in [3.05, 3.63) is 70.1 Å². The van der Waals surface area contributed by atoms with Gasteiger partial charge in [-0.3, -0.25) is 9.78 Å². The molecule has 142 valence electrons. The van der Waals surface area contributed by atoms with Gasteiger partial charge in [0.05, 0.1) is 25.3 Å². The molecule has 6 nitrogen and oxygen atoms in total. The molecule has 0 saturated heterocycles. The van der Waals surface area contributed by atoms with Gasteiger partial charge in [-0.1, -0.05) is 6.07 Å². The fraction of sp³-hybridized carbons (Fsp3) is 0.182. The minimum absolute atomic E-state index is 0.166. The third-order valence-electron chi connectivity index (χ3n) is 4.90. The lowest BCUT2D eigenvalue weighted by atomic mass is 10.1. The normalized spacial score (nSPS) is 11.0. The Morgan fingerprint density at radius 2 is 1.82 bits per heavy atom. The highest BCUT2D eigenvalue weighted by Crippen LogP contribution is 2.31. The molecule has 2 N–H and O–H groups in total. The number of pyridine rings is 2. The maximum absolute atomic E-state index is 12.6. The monoisotopic (exact) mass is 375 g/mol. The SMILES string of the molecule is COc1ccc(OC)c2[nH]c(=O)c(CNc3ccc(C)c4ncccc34)cc12. The molecule has 0 atom stereocenters. The topological polar surface area (TPSA) is 76.2 Å². The molecule has 0 fully saturated rings. The molecule has 6 heteroatoms. The van der Waals surface area contributed by atoms with Gasteiger partial charge in [0.25, 0.3) is 5.56 Å². The van der Waals surface area contributed by atoms with Crippen LogP contribution < -0.4 is 20.3 Å². The molecule has 0 radical (unpaired) electrons. The lowest BCUT2D eigenvalue weighted by Crippen LogP contribution is -2.16. The second-order valence-corrected chi connectivity index (χ2v) is 6.57. The molecule has 0 aliphatic carbocycles. The summed E-state index contributed by atoms with van der Waals surface area (Å²) < 4.78 is 10.8. The number of nitrogens with one attached hydrogen (secondary N) is 2. The highest BCUT2D eigenvalue weighted by Gasteiger charge is 2.12. The molecule has 0 unspecified atom stereocenters. The fourth-order valence-corrected chi connectivity index (χ4v) is 3.42. The number of aromatic nitrogens is 2. The first-order valence-electron chi connectivity index (χ1n) is 8.97. The summed E-state index contributed by atoms with van der Waals surface area (Å²) in [5, 5.41) is 5.20. The van der Waals surface area contributed by atoms with Crippen molar-refractivity contribution in [3.63, 3.8) is 0 Å². The number of rotatable bonds is 5. The molecule has 28 heavy (non-hydrogen) atoms. The van der Waals surface area contributed by atoms with Crippen LogP contribution in [0.3, 0.4) is 0 Å². The van der Waals surface area contributed by atoms with Gasteiger partial charge in [0.1, 0.15) is 11.5 Å². The van der Waals surface area contributed by atoms with Crippen LogP contribution in [0.15, 0.2) is 53.5 Å². The average molecular weight is 375 g/mol. The smallest absolute Gasteiger partial charge is 0.253 e. The minimum atomic E-state index is -0.166. The first-order chi connectivity index (χ1) is 13.6. The maximum Gasteiger partial charge on any atom is 0.253 e. The number of nitrogens with zero attached hydrogens (tertiary/aromatic N) is 1. The Balaban J connectivity index is 1.74. The summed E-state index contributed by atoms with van der Waals surface area (Å²) in [5.74, 6) is 1.28. The number of H-pyrrole nitrogens is 1. The van der Waals surface area contributed by atoms with E-state index >= 15 is 0 Å². The van der Waals surface area contributed by atoms with Crippen LogP contribution in [0, 0.1) is 6.92 Å². The Bertz CT molecular complexity index is 1230. The summed E-state index contributed by atoms with van der Waals surface area (Å²) in [6, 6.07) is 13.4. The van der Waals surface area contributed by atoms with E-state index in [1.807, 2.05) is 43.3 Å². The summed E-state index contributed by atoms with van der Waals surface area (Å²) in [6.07, 6.45) is 1.78. The second kappa shape index (κ2) is 7.23. The van der Waals surface area contributed by atoms with E-state index in [1.165, 1.54) is 0 Å². The van der Waals surface area contributed by atoms with E-state index in [0.29, 0.717) is 29.1 Å². The number of methoxy groups -OCH3 is 2. The van der Waals surface area contributed by atoms with E-state index in [-0.39, 0.29) is 5.56 Å². The van der Waals surface area contributed by atoms with Crippen molar-refractivity contribution in [1.82, 2.24) is 9.97 Å². The number of aromatic amines is 1. The molecule has 0 bridgehead atoms. The lowest BCUT2D eigenvalue weighted by molar-refractivity contribution is 0.409. The molecule has 0 aliphatic heterocycles. The van der Waals surface area contributed by atoms with E-state index in [0.717, 1.165) is 27.5 Å². The average Bonchev–Trinajstić information content (AvgIpc) is 2.73. The van der Waals surface area contributed by atoms with Crippen molar-refractivity contribution < 1.29 is 9.47 Å². The van der Waals surface area contributed by atoms with Crippen LogP contribution in [0.1, 0.15) is 11.1 Å². The van der Waals surface area contributed by atoms with Gasteiger partial charge in [0.15, 0.2) is 0 Å². The van der Waals surface area contributed by atoms with Crippen molar-refractivity contribution in [2.45, 2.75) is 13.5 Å². The van der Waals surface area contributed by atoms with Gasteiger partial charge in [-0.05, 0) is 48.9 Å². The third kappa shape index (κ3) is 3.03. The van der Waals surface area contributed by atoms with Crippen molar-refractivity contribution >= 4 is 27.5 Å². The Labute approximate surface area is 162 Å². The zero-order valence-corrected chi connectivity index (χ0v) is 16.0. The molecule has 0 saturated carbocycles. The molecule has 0 aliphatic rings. The number of benzene rings is 2. The number of anilines is 1. The maximum atomic E-state index is 12.6. The van der Waals surface area contributed by atoms with Gasteiger partial charge in [0.2, 0.25) is 0 Å². The molecule has 0 spiro atoms. The number of hydrogen-bond acceptors (Lipinski definition) is 5.